The minimum Gasteiger partial charge on any atom is -0.494 e. The van der Waals surface area contributed by atoms with Crippen LogP contribution in [0.15, 0.2) is 42.9 Å². The SMILES string of the molecule is CCCOc1ccc2c(ccn2Cc2cnn(C)c2)c1. The van der Waals surface area contributed by atoms with Crippen LogP contribution in [0.5, 0.6) is 5.75 Å². The van der Waals surface area contributed by atoms with Crippen molar-refractivity contribution in [1.29, 1.82) is 0 Å². The summed E-state index contributed by atoms with van der Waals surface area (Å²) < 4.78 is 9.73. The number of hydrogen-bond acceptors (Lipinski definition) is 2. The number of benzene rings is 1. The Morgan fingerprint density at radius 1 is 1.25 bits per heavy atom. The molecule has 1 aromatic carbocycles. The van der Waals surface area contributed by atoms with Crippen LogP contribution in [0.4, 0.5) is 0 Å². The first-order chi connectivity index (χ1) is 9.76. The van der Waals surface area contributed by atoms with Crippen molar-refractivity contribution in [2.75, 3.05) is 6.61 Å². The van der Waals surface area contributed by atoms with Crippen LogP contribution in [0.25, 0.3) is 10.9 Å². The topological polar surface area (TPSA) is 32.0 Å². The normalized spacial score (nSPS) is 11.1. The molecule has 3 rings (SSSR count). The lowest BCUT2D eigenvalue weighted by atomic mass is 10.2. The molecule has 4 nitrogen and oxygen atoms in total. The largest absolute Gasteiger partial charge is 0.494 e. The second kappa shape index (κ2) is 5.41. The highest BCUT2D eigenvalue weighted by Gasteiger charge is 2.04. The summed E-state index contributed by atoms with van der Waals surface area (Å²) >= 11 is 0. The van der Waals surface area contributed by atoms with E-state index in [-0.39, 0.29) is 0 Å². The lowest BCUT2D eigenvalue weighted by Gasteiger charge is -2.06. The first kappa shape index (κ1) is 12.8. The zero-order valence-electron chi connectivity index (χ0n) is 11.9. The minimum atomic E-state index is 0.766. The Kier molecular flexibility index (Phi) is 3.46. The van der Waals surface area contributed by atoms with Gasteiger partial charge in [0.1, 0.15) is 5.75 Å². The molecule has 2 heterocycles. The number of aromatic nitrogens is 3. The molecule has 3 aromatic rings. The highest BCUT2D eigenvalue weighted by atomic mass is 16.5. The van der Waals surface area contributed by atoms with E-state index in [1.54, 1.807) is 0 Å². The van der Waals surface area contributed by atoms with Gasteiger partial charge in [-0.3, -0.25) is 4.68 Å². The zero-order valence-corrected chi connectivity index (χ0v) is 11.9. The second-order valence-electron chi connectivity index (χ2n) is 5.03. The molecular weight excluding hydrogens is 250 g/mol. The average molecular weight is 269 g/mol. The number of fused-ring (bicyclic) bond motifs is 1. The minimum absolute atomic E-state index is 0.766. The molecule has 104 valence electrons. The molecule has 0 aliphatic heterocycles. The predicted molar refractivity (Wildman–Crippen MR) is 80.0 cm³/mol. The van der Waals surface area contributed by atoms with E-state index in [4.69, 9.17) is 4.74 Å². The number of nitrogens with zero attached hydrogens (tertiary/aromatic N) is 3. The molecule has 0 aliphatic carbocycles. The van der Waals surface area contributed by atoms with Crippen LogP contribution >= 0.6 is 0 Å². The highest BCUT2D eigenvalue weighted by molar-refractivity contribution is 5.81. The smallest absolute Gasteiger partial charge is 0.120 e. The maximum atomic E-state index is 5.67. The van der Waals surface area contributed by atoms with E-state index in [2.05, 4.69) is 41.0 Å². The predicted octanol–water partition coefficient (Wildman–Crippen LogP) is 3.21. The van der Waals surface area contributed by atoms with Gasteiger partial charge in [-0.15, -0.1) is 0 Å². The summed E-state index contributed by atoms with van der Waals surface area (Å²) in [7, 11) is 1.94. The van der Waals surface area contributed by atoms with E-state index in [1.165, 1.54) is 16.5 Å². The number of rotatable bonds is 5. The van der Waals surface area contributed by atoms with Crippen LogP contribution in [0, 0.1) is 0 Å². The monoisotopic (exact) mass is 269 g/mol. The maximum Gasteiger partial charge on any atom is 0.120 e. The summed E-state index contributed by atoms with van der Waals surface area (Å²) in [5.74, 6) is 0.943. The molecule has 0 N–H and O–H groups in total. The van der Waals surface area contributed by atoms with Crippen molar-refractivity contribution in [3.05, 3.63) is 48.4 Å². The molecule has 4 heteroatoms. The molecule has 0 radical (unpaired) electrons. The molecule has 0 fully saturated rings. The Bertz CT molecular complexity index is 711. The summed E-state index contributed by atoms with van der Waals surface area (Å²) in [6, 6.07) is 8.39. The number of aryl methyl sites for hydroxylation is 1. The second-order valence-corrected chi connectivity index (χ2v) is 5.03. The van der Waals surface area contributed by atoms with Gasteiger partial charge >= 0.3 is 0 Å². The quantitative estimate of drug-likeness (QED) is 0.712. The summed E-state index contributed by atoms with van der Waals surface area (Å²) in [6.45, 7) is 3.72. The molecular formula is C16H19N3O. The lowest BCUT2D eigenvalue weighted by Crippen LogP contribution is -1.97. The summed E-state index contributed by atoms with van der Waals surface area (Å²) in [5.41, 5.74) is 2.43. The molecule has 0 saturated carbocycles. The van der Waals surface area contributed by atoms with Gasteiger partial charge in [0.05, 0.1) is 19.3 Å². The van der Waals surface area contributed by atoms with Crippen molar-refractivity contribution in [1.82, 2.24) is 14.3 Å². The van der Waals surface area contributed by atoms with Crippen LogP contribution in [0.2, 0.25) is 0 Å². The van der Waals surface area contributed by atoms with Crippen molar-refractivity contribution in [3.8, 4) is 5.75 Å². The number of hydrogen-bond donors (Lipinski definition) is 0. The zero-order chi connectivity index (χ0) is 13.9. The van der Waals surface area contributed by atoms with E-state index >= 15 is 0 Å². The standard InChI is InChI=1S/C16H19N3O/c1-3-8-20-15-4-5-16-14(9-15)6-7-19(16)12-13-10-17-18(2)11-13/h4-7,9-11H,3,8,12H2,1-2H3. The molecule has 0 bridgehead atoms. The van der Waals surface area contributed by atoms with Crippen molar-refractivity contribution in [3.63, 3.8) is 0 Å². The van der Waals surface area contributed by atoms with Crippen molar-refractivity contribution < 1.29 is 4.74 Å². The third-order valence-corrected chi connectivity index (χ3v) is 3.33. The van der Waals surface area contributed by atoms with Gasteiger partial charge in [0.25, 0.3) is 0 Å². The molecule has 0 amide bonds. The van der Waals surface area contributed by atoms with Gasteiger partial charge in [-0.25, -0.2) is 0 Å². The van der Waals surface area contributed by atoms with Crippen molar-refractivity contribution >= 4 is 10.9 Å². The molecule has 0 spiro atoms. The Morgan fingerprint density at radius 3 is 2.90 bits per heavy atom. The summed E-state index contributed by atoms with van der Waals surface area (Å²) in [5, 5.41) is 5.42. The molecule has 0 unspecified atom stereocenters. The molecule has 0 aliphatic rings. The van der Waals surface area contributed by atoms with E-state index in [0.717, 1.165) is 25.3 Å². The first-order valence-corrected chi connectivity index (χ1v) is 6.95. The molecule has 20 heavy (non-hydrogen) atoms. The first-order valence-electron chi connectivity index (χ1n) is 6.95. The van der Waals surface area contributed by atoms with Gasteiger partial charge in [0.15, 0.2) is 0 Å². The fourth-order valence-corrected chi connectivity index (χ4v) is 2.38. The van der Waals surface area contributed by atoms with Gasteiger partial charge in [0, 0.05) is 35.9 Å². The van der Waals surface area contributed by atoms with Crippen molar-refractivity contribution in [2.24, 2.45) is 7.05 Å². The molecule has 0 saturated heterocycles. The van der Waals surface area contributed by atoms with Crippen LogP contribution in [0.1, 0.15) is 18.9 Å². The Labute approximate surface area is 118 Å². The maximum absolute atomic E-state index is 5.67. The lowest BCUT2D eigenvalue weighted by molar-refractivity contribution is 0.318. The summed E-state index contributed by atoms with van der Waals surface area (Å²) in [6.07, 6.45) is 7.09. The Morgan fingerprint density at radius 2 is 2.15 bits per heavy atom. The van der Waals surface area contributed by atoms with E-state index in [1.807, 2.05) is 30.2 Å². The van der Waals surface area contributed by atoms with Gasteiger partial charge < -0.3 is 9.30 Å². The molecule has 2 aromatic heterocycles. The van der Waals surface area contributed by atoms with Crippen LogP contribution in [-0.2, 0) is 13.6 Å². The number of ether oxygens (including phenoxy) is 1. The fourth-order valence-electron chi connectivity index (χ4n) is 2.38. The van der Waals surface area contributed by atoms with Crippen molar-refractivity contribution in [2.45, 2.75) is 19.9 Å². The third-order valence-electron chi connectivity index (χ3n) is 3.33. The average Bonchev–Trinajstić information content (AvgIpc) is 3.04. The van der Waals surface area contributed by atoms with E-state index in [0.29, 0.717) is 0 Å². The van der Waals surface area contributed by atoms with Gasteiger partial charge in [-0.05, 0) is 30.7 Å². The van der Waals surface area contributed by atoms with Gasteiger partial charge in [-0.2, -0.15) is 5.10 Å². The van der Waals surface area contributed by atoms with Crippen LogP contribution in [0.3, 0.4) is 0 Å². The van der Waals surface area contributed by atoms with E-state index < -0.39 is 0 Å². The Hall–Kier alpha value is -2.23. The molecule has 0 atom stereocenters. The Balaban J connectivity index is 1.85. The van der Waals surface area contributed by atoms with Gasteiger partial charge in [-0.1, -0.05) is 6.92 Å². The fraction of sp³-hybridized carbons (Fsp3) is 0.312. The van der Waals surface area contributed by atoms with E-state index in [9.17, 15) is 0 Å². The van der Waals surface area contributed by atoms with Crippen LogP contribution < -0.4 is 4.74 Å². The third kappa shape index (κ3) is 2.54. The summed E-state index contributed by atoms with van der Waals surface area (Å²) in [4.78, 5) is 0. The van der Waals surface area contributed by atoms with Gasteiger partial charge in [0.2, 0.25) is 0 Å². The highest BCUT2D eigenvalue weighted by Crippen LogP contribution is 2.23. The van der Waals surface area contributed by atoms with Crippen LogP contribution in [-0.4, -0.2) is 21.0 Å².